The Morgan fingerprint density at radius 1 is 1.09 bits per heavy atom. The number of hydrogen-bond donors (Lipinski definition) is 2. The van der Waals surface area contributed by atoms with E-state index in [1.54, 1.807) is 19.9 Å². The van der Waals surface area contributed by atoms with E-state index < -0.39 is 5.41 Å². The van der Waals surface area contributed by atoms with Crippen LogP contribution in [0, 0.1) is 25.1 Å². The van der Waals surface area contributed by atoms with Crippen molar-refractivity contribution in [1.29, 1.82) is 0 Å². The first-order valence-corrected chi connectivity index (χ1v) is 11.8. The number of aryl methyl sites for hydroxylation is 2. The Balaban J connectivity index is 1.70. The Hall–Kier alpha value is -3.56. The molecule has 0 aliphatic carbocycles. The molecule has 1 saturated heterocycles. The zero-order valence-corrected chi connectivity index (χ0v) is 21.2. The van der Waals surface area contributed by atoms with Gasteiger partial charge < -0.3 is 20.9 Å². The third-order valence-corrected chi connectivity index (χ3v) is 6.27. The molecule has 1 aliphatic rings. The number of aromatic nitrogens is 4. The molecule has 0 spiro atoms. The lowest BCUT2D eigenvalue weighted by molar-refractivity contribution is -0.139. The van der Waals surface area contributed by atoms with Gasteiger partial charge in [-0.3, -0.25) is 4.79 Å². The molecular weight excluding hydrogens is 447 g/mol. The summed E-state index contributed by atoms with van der Waals surface area (Å²) in [5.41, 5.74) is 7.45. The normalized spacial score (nSPS) is 15.4. The van der Waals surface area contributed by atoms with Gasteiger partial charge in [0.05, 0.1) is 11.6 Å². The van der Waals surface area contributed by atoms with Crippen LogP contribution in [0.3, 0.4) is 0 Å². The number of nitrogen functional groups attached to an aromatic ring is 1. The molecule has 0 radical (unpaired) electrons. The number of fused-ring (bicyclic) bond motifs is 1. The lowest BCUT2D eigenvalue weighted by Crippen LogP contribution is -2.52. The van der Waals surface area contributed by atoms with Crippen LogP contribution in [0.2, 0.25) is 0 Å². The van der Waals surface area contributed by atoms with Crippen LogP contribution in [0.15, 0.2) is 18.2 Å². The zero-order chi connectivity index (χ0) is 25.5. The molecule has 3 N–H and O–H groups in total. The monoisotopic (exact) mass is 480 g/mol. The Morgan fingerprint density at radius 2 is 1.77 bits per heavy atom. The Morgan fingerprint density at radius 3 is 2.40 bits per heavy atom. The van der Waals surface area contributed by atoms with Crippen LogP contribution in [0.4, 0.5) is 22.1 Å². The van der Waals surface area contributed by atoms with Crippen molar-refractivity contribution in [2.75, 3.05) is 42.1 Å². The Kier molecular flexibility index (Phi) is 6.48. The molecule has 2 aromatic heterocycles. The molecule has 1 fully saturated rings. The van der Waals surface area contributed by atoms with E-state index in [1.807, 2.05) is 38.7 Å². The molecule has 4 rings (SSSR count). The van der Waals surface area contributed by atoms with Crippen LogP contribution in [0.1, 0.15) is 50.7 Å². The van der Waals surface area contributed by atoms with Gasteiger partial charge in [-0.15, -0.1) is 0 Å². The number of carbonyl (C=O) groups excluding carboxylic acids is 1. The van der Waals surface area contributed by atoms with Gasteiger partial charge in [-0.2, -0.15) is 15.0 Å². The lowest BCUT2D eigenvalue weighted by atomic mass is 9.94. The molecule has 1 unspecified atom stereocenters. The van der Waals surface area contributed by atoms with E-state index in [0.29, 0.717) is 49.0 Å². The summed E-state index contributed by atoms with van der Waals surface area (Å²) in [6.07, 6.45) is 0. The molecule has 186 valence electrons. The summed E-state index contributed by atoms with van der Waals surface area (Å²) in [6, 6.07) is 5.03. The maximum Gasteiger partial charge on any atom is 0.228 e. The average Bonchev–Trinajstić information content (AvgIpc) is 2.79. The zero-order valence-electron chi connectivity index (χ0n) is 21.2. The third kappa shape index (κ3) is 5.11. The minimum Gasteiger partial charge on any atom is -0.368 e. The van der Waals surface area contributed by atoms with Crippen molar-refractivity contribution < 1.29 is 9.18 Å². The summed E-state index contributed by atoms with van der Waals surface area (Å²) >= 11 is 0. The maximum absolute atomic E-state index is 14.4. The number of anilines is 3. The Labute approximate surface area is 205 Å². The first-order valence-electron chi connectivity index (χ1n) is 11.8. The van der Waals surface area contributed by atoms with E-state index in [0.717, 1.165) is 16.8 Å². The SMILES string of the molecule is Cc1nc(N)nc(NC(C)c2cc3ccc(F)c(C)c3nc2N2CCN(C(=O)C(C)(C)C)CC2)n1. The number of carbonyl (C=O) groups is 1. The number of amides is 1. The van der Waals surface area contributed by atoms with Crippen molar-refractivity contribution in [2.24, 2.45) is 5.41 Å². The van der Waals surface area contributed by atoms with Crippen LogP contribution in [0.5, 0.6) is 0 Å². The molecule has 0 saturated carbocycles. The fourth-order valence-electron chi connectivity index (χ4n) is 4.37. The highest BCUT2D eigenvalue weighted by Crippen LogP contribution is 2.33. The molecule has 3 heterocycles. The van der Waals surface area contributed by atoms with Gasteiger partial charge >= 0.3 is 0 Å². The number of nitrogens with two attached hydrogens (primary N) is 1. The van der Waals surface area contributed by atoms with Crippen molar-refractivity contribution in [2.45, 2.75) is 47.6 Å². The molecule has 0 bridgehead atoms. The van der Waals surface area contributed by atoms with Gasteiger partial charge in [-0.05, 0) is 39.0 Å². The number of nitrogens with zero attached hydrogens (tertiary/aromatic N) is 6. The van der Waals surface area contributed by atoms with Crippen molar-refractivity contribution in [3.63, 3.8) is 0 Å². The second kappa shape index (κ2) is 9.24. The number of nitrogens with one attached hydrogen (secondary N) is 1. The topological polar surface area (TPSA) is 113 Å². The van der Waals surface area contributed by atoms with Gasteiger partial charge in [-0.1, -0.05) is 20.8 Å². The second-order valence-electron chi connectivity index (χ2n) is 10.1. The van der Waals surface area contributed by atoms with E-state index >= 15 is 0 Å². The number of benzene rings is 1. The molecule has 1 aromatic carbocycles. The van der Waals surface area contributed by atoms with Gasteiger partial charge in [0.15, 0.2) is 0 Å². The van der Waals surface area contributed by atoms with Crippen molar-refractivity contribution in [3.8, 4) is 0 Å². The second-order valence-corrected chi connectivity index (χ2v) is 10.1. The van der Waals surface area contributed by atoms with Gasteiger partial charge in [0.25, 0.3) is 0 Å². The molecule has 3 aromatic rings. The highest BCUT2D eigenvalue weighted by Gasteiger charge is 2.31. The van der Waals surface area contributed by atoms with E-state index in [2.05, 4.69) is 25.2 Å². The minimum atomic E-state index is -0.424. The first-order chi connectivity index (χ1) is 16.4. The largest absolute Gasteiger partial charge is 0.368 e. The Bertz CT molecular complexity index is 1240. The quantitative estimate of drug-likeness (QED) is 0.582. The van der Waals surface area contributed by atoms with Gasteiger partial charge in [0.1, 0.15) is 17.5 Å². The van der Waals surface area contributed by atoms with Crippen molar-refractivity contribution in [1.82, 2.24) is 24.8 Å². The molecule has 1 atom stereocenters. The van der Waals surface area contributed by atoms with Crippen LogP contribution in [-0.2, 0) is 4.79 Å². The summed E-state index contributed by atoms with van der Waals surface area (Å²) in [5, 5.41) is 4.16. The first kappa shape index (κ1) is 24.6. The summed E-state index contributed by atoms with van der Waals surface area (Å²) in [4.78, 5) is 34.3. The van der Waals surface area contributed by atoms with Crippen LogP contribution < -0.4 is 16.0 Å². The van der Waals surface area contributed by atoms with E-state index in [1.165, 1.54) is 6.07 Å². The van der Waals surface area contributed by atoms with E-state index in [4.69, 9.17) is 10.7 Å². The fourth-order valence-corrected chi connectivity index (χ4v) is 4.37. The van der Waals surface area contributed by atoms with Gasteiger partial charge in [-0.25, -0.2) is 9.37 Å². The van der Waals surface area contributed by atoms with Crippen LogP contribution >= 0.6 is 0 Å². The lowest BCUT2D eigenvalue weighted by Gasteiger charge is -2.39. The molecule has 1 amide bonds. The maximum atomic E-state index is 14.4. The van der Waals surface area contributed by atoms with Gasteiger partial charge in [0.2, 0.25) is 17.8 Å². The highest BCUT2D eigenvalue weighted by molar-refractivity contribution is 5.85. The molecule has 9 nitrogen and oxygen atoms in total. The highest BCUT2D eigenvalue weighted by atomic mass is 19.1. The number of halogens is 1. The minimum absolute atomic E-state index is 0.139. The summed E-state index contributed by atoms with van der Waals surface area (Å²) in [6.45, 7) is 13.8. The smallest absolute Gasteiger partial charge is 0.228 e. The van der Waals surface area contributed by atoms with Crippen molar-refractivity contribution in [3.05, 3.63) is 41.0 Å². The van der Waals surface area contributed by atoms with Crippen molar-refractivity contribution >= 4 is 34.5 Å². The average molecular weight is 481 g/mol. The number of rotatable bonds is 4. The number of piperazine rings is 1. The fraction of sp³-hybridized carbons (Fsp3) is 0.480. The summed E-state index contributed by atoms with van der Waals surface area (Å²) in [5.74, 6) is 1.66. The molecule has 10 heteroatoms. The summed E-state index contributed by atoms with van der Waals surface area (Å²) in [7, 11) is 0. The number of pyridine rings is 1. The number of hydrogen-bond acceptors (Lipinski definition) is 8. The predicted molar refractivity (Wildman–Crippen MR) is 136 cm³/mol. The van der Waals surface area contributed by atoms with E-state index in [9.17, 15) is 9.18 Å². The van der Waals surface area contributed by atoms with E-state index in [-0.39, 0.29) is 23.7 Å². The van der Waals surface area contributed by atoms with Crippen LogP contribution in [-0.4, -0.2) is 56.9 Å². The molecule has 1 aliphatic heterocycles. The van der Waals surface area contributed by atoms with Gasteiger partial charge in [0, 0.05) is 48.1 Å². The third-order valence-electron chi connectivity index (χ3n) is 6.27. The summed E-state index contributed by atoms with van der Waals surface area (Å²) < 4.78 is 14.4. The van der Waals surface area contributed by atoms with Crippen LogP contribution in [0.25, 0.3) is 10.9 Å². The molecular formula is C25H33FN8O. The molecule has 35 heavy (non-hydrogen) atoms. The predicted octanol–water partition coefficient (Wildman–Crippen LogP) is 3.63. The standard InChI is InChI=1S/C25H33FN8O/c1-14-19(26)8-7-17-13-18(15(2)28-24-30-16(3)29-23(27)32-24)21(31-20(14)17)33-9-11-34(12-10-33)22(35)25(4,5)6/h7-8,13,15H,9-12H2,1-6H3,(H3,27,28,29,30,32).